The van der Waals surface area contributed by atoms with E-state index >= 15 is 0 Å². The first-order chi connectivity index (χ1) is 9.89. The molecule has 0 spiro atoms. The first-order valence-corrected chi connectivity index (χ1v) is 6.41. The molecule has 2 rings (SSSR count). The number of nitrogens with one attached hydrogen (secondary N) is 1. The Morgan fingerprint density at radius 3 is 2.48 bits per heavy atom. The van der Waals surface area contributed by atoms with Crippen molar-refractivity contribution < 1.29 is 13.2 Å². The summed E-state index contributed by atoms with van der Waals surface area (Å²) in [6.07, 6.45) is -2.71. The molecular weight excluding hydrogens is 279 g/mol. The zero-order valence-electron chi connectivity index (χ0n) is 11.8. The average molecular weight is 295 g/mol. The van der Waals surface area contributed by atoms with Crippen molar-refractivity contribution in [2.45, 2.75) is 12.7 Å². The molecule has 0 atom stereocenters. The highest BCUT2D eigenvalue weighted by molar-refractivity contribution is 5.64. The molecule has 0 aliphatic heterocycles. The minimum Gasteiger partial charge on any atom is -0.378 e. The first kappa shape index (κ1) is 15.2. The number of nitrogens with zero attached hydrogens (tertiary/aromatic N) is 2. The van der Waals surface area contributed by atoms with Gasteiger partial charge in [-0.15, -0.1) is 0 Å². The van der Waals surface area contributed by atoms with E-state index < -0.39 is 11.7 Å². The van der Waals surface area contributed by atoms with E-state index in [0.29, 0.717) is 11.5 Å². The summed E-state index contributed by atoms with van der Waals surface area (Å²) in [5.74, 6) is 0.682. The van der Waals surface area contributed by atoms with Crippen molar-refractivity contribution in [1.82, 2.24) is 4.98 Å². The van der Waals surface area contributed by atoms with Gasteiger partial charge in [-0.25, -0.2) is 4.98 Å². The topological polar surface area (TPSA) is 28.2 Å². The molecule has 112 valence electrons. The van der Waals surface area contributed by atoms with Crippen LogP contribution in [0.5, 0.6) is 0 Å². The largest absolute Gasteiger partial charge is 0.416 e. The molecule has 6 heteroatoms. The zero-order chi connectivity index (χ0) is 15.5. The summed E-state index contributed by atoms with van der Waals surface area (Å²) in [6, 6.07) is 9.09. The maximum atomic E-state index is 12.9. The fourth-order valence-corrected chi connectivity index (χ4v) is 2.03. The molecule has 0 unspecified atom stereocenters. The molecule has 0 aliphatic rings. The van der Waals surface area contributed by atoms with E-state index in [1.807, 2.05) is 14.1 Å². The molecule has 0 aliphatic carbocycles. The highest BCUT2D eigenvalue weighted by Gasteiger charge is 2.32. The Kier molecular flexibility index (Phi) is 4.35. The number of halogens is 3. The fraction of sp³-hybridized carbons (Fsp3) is 0.267. The van der Waals surface area contributed by atoms with Crippen LogP contribution in [0.1, 0.15) is 11.1 Å². The number of anilines is 2. The van der Waals surface area contributed by atoms with E-state index in [2.05, 4.69) is 10.3 Å². The zero-order valence-corrected chi connectivity index (χ0v) is 11.8. The lowest BCUT2D eigenvalue weighted by Gasteiger charge is -2.18. The smallest absolute Gasteiger partial charge is 0.378 e. The van der Waals surface area contributed by atoms with Crippen LogP contribution in [0.3, 0.4) is 0 Å². The maximum absolute atomic E-state index is 12.9. The lowest BCUT2D eigenvalue weighted by molar-refractivity contribution is -0.138. The molecule has 3 nitrogen and oxygen atoms in total. The Balaban J connectivity index is 2.22. The lowest BCUT2D eigenvalue weighted by Crippen LogP contribution is -2.15. The van der Waals surface area contributed by atoms with E-state index in [0.717, 1.165) is 6.07 Å². The molecule has 1 aromatic heterocycles. The highest BCUT2D eigenvalue weighted by Crippen LogP contribution is 2.32. The van der Waals surface area contributed by atoms with Crippen molar-refractivity contribution in [2.75, 3.05) is 24.3 Å². The van der Waals surface area contributed by atoms with Gasteiger partial charge in [0.25, 0.3) is 0 Å². The summed E-state index contributed by atoms with van der Waals surface area (Å²) in [6.45, 7) is 0.0855. The van der Waals surface area contributed by atoms with Gasteiger partial charge in [-0.2, -0.15) is 13.2 Å². The molecule has 0 saturated carbocycles. The Morgan fingerprint density at radius 1 is 1.10 bits per heavy atom. The standard InChI is InChI=1S/C15H16F3N3/c1-21(2)14-13(8-5-9-19-14)20-10-11-6-3-4-7-12(11)15(16,17)18/h3-9,20H,10H2,1-2H3. The molecule has 1 heterocycles. The van der Waals surface area contributed by atoms with Gasteiger partial charge in [0.1, 0.15) is 0 Å². The normalized spacial score (nSPS) is 11.3. The molecule has 2 aromatic rings. The SMILES string of the molecule is CN(C)c1ncccc1NCc1ccccc1C(F)(F)F. The van der Waals surface area contributed by atoms with Crippen molar-refractivity contribution in [3.63, 3.8) is 0 Å². The Bertz CT molecular complexity index is 609. The summed E-state index contributed by atoms with van der Waals surface area (Å²) >= 11 is 0. The van der Waals surface area contributed by atoms with E-state index in [4.69, 9.17) is 0 Å². The number of pyridine rings is 1. The Hall–Kier alpha value is -2.24. The second-order valence-corrected chi connectivity index (χ2v) is 4.78. The molecule has 21 heavy (non-hydrogen) atoms. The summed E-state index contributed by atoms with van der Waals surface area (Å²) in [7, 11) is 3.66. The first-order valence-electron chi connectivity index (χ1n) is 6.41. The fourth-order valence-electron chi connectivity index (χ4n) is 2.03. The van der Waals surface area contributed by atoms with Gasteiger partial charge in [-0.1, -0.05) is 18.2 Å². The lowest BCUT2D eigenvalue weighted by atomic mass is 10.1. The minimum absolute atomic E-state index is 0.0855. The predicted molar refractivity (Wildman–Crippen MR) is 77.3 cm³/mol. The molecule has 0 bridgehead atoms. The van der Waals surface area contributed by atoms with Crippen molar-refractivity contribution in [2.24, 2.45) is 0 Å². The van der Waals surface area contributed by atoms with E-state index in [-0.39, 0.29) is 12.1 Å². The Morgan fingerprint density at radius 2 is 1.81 bits per heavy atom. The Labute approximate surface area is 121 Å². The van der Waals surface area contributed by atoms with Crippen LogP contribution in [-0.4, -0.2) is 19.1 Å². The third-order valence-electron chi connectivity index (χ3n) is 3.00. The summed E-state index contributed by atoms with van der Waals surface area (Å²) in [4.78, 5) is 6.01. The second-order valence-electron chi connectivity index (χ2n) is 4.78. The molecule has 1 N–H and O–H groups in total. The molecule has 1 aromatic carbocycles. The molecule has 0 saturated heterocycles. The van der Waals surface area contributed by atoms with Crippen molar-refractivity contribution in [1.29, 1.82) is 0 Å². The summed E-state index contributed by atoms with van der Waals surface area (Å²) in [5, 5.41) is 3.02. The van der Waals surface area contributed by atoms with Gasteiger partial charge in [0.2, 0.25) is 0 Å². The number of aromatic nitrogens is 1. The van der Waals surface area contributed by atoms with Crippen molar-refractivity contribution >= 4 is 11.5 Å². The van der Waals surface area contributed by atoms with Crippen LogP contribution in [0.25, 0.3) is 0 Å². The van der Waals surface area contributed by atoms with E-state index in [1.165, 1.54) is 12.1 Å². The molecule has 0 radical (unpaired) electrons. The second kappa shape index (κ2) is 6.03. The summed E-state index contributed by atoms with van der Waals surface area (Å²) < 4.78 is 38.8. The van der Waals surface area contributed by atoms with Gasteiger partial charge in [0.15, 0.2) is 5.82 Å². The predicted octanol–water partition coefficient (Wildman–Crippen LogP) is 3.78. The molecule has 0 amide bonds. The van der Waals surface area contributed by atoms with Gasteiger partial charge in [-0.3, -0.25) is 0 Å². The van der Waals surface area contributed by atoms with Gasteiger partial charge in [-0.05, 0) is 23.8 Å². The highest BCUT2D eigenvalue weighted by atomic mass is 19.4. The monoisotopic (exact) mass is 295 g/mol. The van der Waals surface area contributed by atoms with Gasteiger partial charge in [0, 0.05) is 26.8 Å². The number of rotatable bonds is 4. The third kappa shape index (κ3) is 3.65. The van der Waals surface area contributed by atoms with Crippen LogP contribution in [-0.2, 0) is 12.7 Å². The van der Waals surface area contributed by atoms with Crippen LogP contribution in [0.2, 0.25) is 0 Å². The molecule has 0 fully saturated rings. The quantitative estimate of drug-likeness (QED) is 0.930. The molecular formula is C15H16F3N3. The van der Waals surface area contributed by atoms with Crippen LogP contribution in [0.15, 0.2) is 42.6 Å². The van der Waals surface area contributed by atoms with E-state index in [1.54, 1.807) is 29.3 Å². The van der Waals surface area contributed by atoms with Crippen LogP contribution >= 0.6 is 0 Å². The van der Waals surface area contributed by atoms with Crippen molar-refractivity contribution in [3.8, 4) is 0 Å². The third-order valence-corrected chi connectivity index (χ3v) is 3.00. The number of alkyl halides is 3. The van der Waals surface area contributed by atoms with Gasteiger partial charge < -0.3 is 10.2 Å². The van der Waals surface area contributed by atoms with Crippen molar-refractivity contribution in [3.05, 3.63) is 53.7 Å². The number of benzene rings is 1. The van der Waals surface area contributed by atoms with Gasteiger partial charge in [0.05, 0.1) is 11.3 Å². The van der Waals surface area contributed by atoms with Crippen LogP contribution < -0.4 is 10.2 Å². The number of hydrogen-bond acceptors (Lipinski definition) is 3. The maximum Gasteiger partial charge on any atom is 0.416 e. The number of hydrogen-bond donors (Lipinski definition) is 1. The van der Waals surface area contributed by atoms with Gasteiger partial charge >= 0.3 is 6.18 Å². The van der Waals surface area contributed by atoms with Crippen LogP contribution in [0, 0.1) is 0 Å². The van der Waals surface area contributed by atoms with Crippen LogP contribution in [0.4, 0.5) is 24.7 Å². The minimum atomic E-state index is -4.35. The summed E-state index contributed by atoms with van der Waals surface area (Å²) in [5.41, 5.74) is 0.283. The van der Waals surface area contributed by atoms with E-state index in [9.17, 15) is 13.2 Å². The average Bonchev–Trinajstić information content (AvgIpc) is 2.44.